The molecule has 3 aliphatic rings. The summed E-state index contributed by atoms with van der Waals surface area (Å²) in [5.74, 6) is -0.591. The number of nitrogens with zero attached hydrogens (tertiary/aromatic N) is 1. The van der Waals surface area contributed by atoms with E-state index < -0.39 is 22.6 Å². The molecule has 3 N–H and O–H groups in total. The summed E-state index contributed by atoms with van der Waals surface area (Å²) in [6, 6.07) is 6.49. The van der Waals surface area contributed by atoms with Crippen molar-refractivity contribution in [3.63, 3.8) is 0 Å². The zero-order valence-corrected chi connectivity index (χ0v) is 19.3. The van der Waals surface area contributed by atoms with Crippen LogP contribution < -0.4 is 15.4 Å². The largest absolute Gasteiger partial charge is 0.497 e. The molecule has 0 aromatic heterocycles. The van der Waals surface area contributed by atoms with Crippen molar-refractivity contribution >= 4 is 35.2 Å². The molecule has 174 valence electrons. The zero-order valence-electron chi connectivity index (χ0n) is 18.5. The van der Waals surface area contributed by atoms with Crippen LogP contribution in [-0.2, 0) is 14.4 Å². The molecule has 8 nitrogen and oxygen atoms in total. The third-order valence-electron chi connectivity index (χ3n) is 7.01. The van der Waals surface area contributed by atoms with Gasteiger partial charge in [-0.2, -0.15) is 0 Å². The van der Waals surface area contributed by atoms with Gasteiger partial charge in [0.15, 0.2) is 0 Å². The number of likely N-dealkylation sites (tertiary alicyclic amines) is 1. The van der Waals surface area contributed by atoms with E-state index >= 15 is 0 Å². The Bertz CT molecular complexity index is 879. The molecule has 3 heterocycles. The van der Waals surface area contributed by atoms with E-state index in [1.165, 1.54) is 0 Å². The lowest BCUT2D eigenvalue weighted by molar-refractivity contribution is -0.139. The number of aliphatic hydroxyl groups excluding tert-OH is 1. The summed E-state index contributed by atoms with van der Waals surface area (Å²) < 4.78 is 4.61. The molecule has 3 fully saturated rings. The zero-order chi connectivity index (χ0) is 22.9. The Hall–Kier alpha value is -2.26. The molecule has 3 saturated heterocycles. The second-order valence-electron chi connectivity index (χ2n) is 8.70. The third kappa shape index (κ3) is 3.75. The van der Waals surface area contributed by atoms with E-state index in [-0.39, 0.29) is 29.6 Å². The van der Waals surface area contributed by atoms with Gasteiger partial charge in [-0.05, 0) is 56.4 Å². The van der Waals surface area contributed by atoms with E-state index in [0.717, 1.165) is 19.3 Å². The Morgan fingerprint density at radius 2 is 1.97 bits per heavy atom. The number of hydrogen-bond donors (Lipinski definition) is 3. The molecule has 32 heavy (non-hydrogen) atoms. The van der Waals surface area contributed by atoms with Crippen molar-refractivity contribution in [2.45, 2.75) is 48.1 Å². The van der Waals surface area contributed by atoms with Crippen LogP contribution in [0.15, 0.2) is 24.3 Å². The average molecular weight is 462 g/mol. The lowest BCUT2D eigenvalue weighted by Crippen LogP contribution is -2.51. The summed E-state index contributed by atoms with van der Waals surface area (Å²) in [6.07, 6.45) is 3.73. The summed E-state index contributed by atoms with van der Waals surface area (Å²) in [5.41, 5.74) is 0.642. The molecule has 0 radical (unpaired) electrons. The number of carbonyl (C=O) groups excluding carboxylic acids is 3. The Kier molecular flexibility index (Phi) is 6.67. The summed E-state index contributed by atoms with van der Waals surface area (Å²) in [5, 5.41) is 14.9. The molecule has 0 saturated carbocycles. The highest BCUT2D eigenvalue weighted by atomic mass is 32.2. The van der Waals surface area contributed by atoms with Crippen molar-refractivity contribution in [3.8, 4) is 5.75 Å². The van der Waals surface area contributed by atoms with Gasteiger partial charge in [0, 0.05) is 31.1 Å². The lowest BCUT2D eigenvalue weighted by atomic mass is 9.71. The number of nitrogens with one attached hydrogen (secondary N) is 2. The summed E-state index contributed by atoms with van der Waals surface area (Å²) >= 11 is 1.66. The molecular weight excluding hydrogens is 430 g/mol. The number of amides is 3. The fraction of sp³-hybridized carbons (Fsp3) is 0.609. The maximum atomic E-state index is 13.6. The van der Waals surface area contributed by atoms with Gasteiger partial charge < -0.3 is 25.4 Å². The predicted octanol–water partition coefficient (Wildman–Crippen LogP) is 1.63. The molecule has 0 aliphatic carbocycles. The Morgan fingerprint density at radius 1 is 1.22 bits per heavy atom. The average Bonchev–Trinajstić information content (AvgIpc) is 3.44. The van der Waals surface area contributed by atoms with Gasteiger partial charge in [-0.15, -0.1) is 11.8 Å². The van der Waals surface area contributed by atoms with Crippen LogP contribution in [0.25, 0.3) is 0 Å². The second-order valence-corrected chi connectivity index (χ2v) is 10.3. The van der Waals surface area contributed by atoms with Crippen LogP contribution in [0.1, 0.15) is 32.1 Å². The predicted molar refractivity (Wildman–Crippen MR) is 122 cm³/mol. The number of ether oxygens (including phenoxy) is 1. The Balaban J connectivity index is 1.62. The van der Waals surface area contributed by atoms with E-state index in [1.807, 2.05) is 0 Å². The van der Waals surface area contributed by atoms with Crippen molar-refractivity contribution < 1.29 is 24.2 Å². The molecular formula is C23H31N3O5S. The number of methoxy groups -OCH3 is 1. The smallest absolute Gasteiger partial charge is 0.248 e. The highest BCUT2D eigenvalue weighted by Crippen LogP contribution is 2.66. The second kappa shape index (κ2) is 9.31. The SMILES string of the molecule is CNC(=O)[C@@H]1[C@H]2C(=O)N(CCCCCO)C(C(=O)Nc3ccc(OC)cc3)C23CC[C@H]1S3. The van der Waals surface area contributed by atoms with Gasteiger partial charge in [0.25, 0.3) is 0 Å². The maximum Gasteiger partial charge on any atom is 0.248 e. The Labute approximate surface area is 192 Å². The molecule has 2 unspecified atom stereocenters. The van der Waals surface area contributed by atoms with Crippen LogP contribution in [0.3, 0.4) is 0 Å². The highest BCUT2D eigenvalue weighted by Gasteiger charge is 2.73. The first-order valence-electron chi connectivity index (χ1n) is 11.2. The number of aliphatic hydroxyl groups is 1. The normalized spacial score (nSPS) is 30.3. The molecule has 3 amide bonds. The van der Waals surface area contributed by atoms with E-state index in [0.29, 0.717) is 30.8 Å². The van der Waals surface area contributed by atoms with Crippen LogP contribution in [0, 0.1) is 11.8 Å². The summed E-state index contributed by atoms with van der Waals surface area (Å²) in [4.78, 5) is 41.6. The minimum Gasteiger partial charge on any atom is -0.497 e. The Morgan fingerprint density at radius 3 is 2.62 bits per heavy atom. The first-order valence-corrected chi connectivity index (χ1v) is 12.1. The van der Waals surface area contributed by atoms with E-state index in [4.69, 9.17) is 9.84 Å². The van der Waals surface area contributed by atoms with E-state index in [1.54, 1.807) is 55.1 Å². The number of fused-ring (bicyclic) bond motifs is 1. The standard InChI is InChI=1S/C23H31N3O5S/c1-24-20(28)17-16-10-11-23(32-16)18(17)22(30)26(12-4-3-5-13-27)19(23)21(29)25-14-6-8-15(31-2)9-7-14/h6-9,16-19,27H,3-5,10-13H2,1-2H3,(H,24,28)(H,25,29)/t16-,17+,18+,19?,23?/m1/s1. The van der Waals surface area contributed by atoms with Crippen molar-refractivity contribution in [2.24, 2.45) is 11.8 Å². The number of carbonyl (C=O) groups is 3. The van der Waals surface area contributed by atoms with E-state index in [2.05, 4.69) is 10.6 Å². The molecule has 4 rings (SSSR count). The van der Waals surface area contributed by atoms with Gasteiger partial charge in [0.2, 0.25) is 17.7 Å². The van der Waals surface area contributed by atoms with Crippen LogP contribution in [0.4, 0.5) is 5.69 Å². The van der Waals surface area contributed by atoms with Crippen LogP contribution in [0.2, 0.25) is 0 Å². The van der Waals surface area contributed by atoms with Crippen molar-refractivity contribution in [2.75, 3.05) is 32.6 Å². The minimum absolute atomic E-state index is 0.0664. The molecule has 9 heteroatoms. The minimum atomic E-state index is -0.624. The fourth-order valence-corrected chi connectivity index (χ4v) is 7.84. The van der Waals surface area contributed by atoms with Gasteiger partial charge in [-0.25, -0.2) is 0 Å². The summed E-state index contributed by atoms with van der Waals surface area (Å²) in [7, 11) is 3.19. The molecule has 1 aromatic carbocycles. The quantitative estimate of drug-likeness (QED) is 0.483. The molecule has 5 atom stereocenters. The number of anilines is 1. The fourth-order valence-electron chi connectivity index (χ4n) is 5.62. The van der Waals surface area contributed by atoms with Gasteiger partial charge >= 0.3 is 0 Å². The van der Waals surface area contributed by atoms with Crippen LogP contribution in [0.5, 0.6) is 5.75 Å². The van der Waals surface area contributed by atoms with Crippen LogP contribution in [-0.4, -0.2) is 71.1 Å². The van der Waals surface area contributed by atoms with Crippen molar-refractivity contribution in [1.29, 1.82) is 0 Å². The van der Waals surface area contributed by atoms with Crippen molar-refractivity contribution in [1.82, 2.24) is 10.2 Å². The molecule has 2 bridgehead atoms. The first-order chi connectivity index (χ1) is 15.5. The van der Waals surface area contributed by atoms with Gasteiger partial charge in [0.1, 0.15) is 11.8 Å². The maximum absolute atomic E-state index is 13.6. The lowest BCUT2D eigenvalue weighted by Gasteiger charge is -2.34. The number of unbranched alkanes of at least 4 members (excludes halogenated alkanes) is 2. The van der Waals surface area contributed by atoms with Crippen molar-refractivity contribution in [3.05, 3.63) is 24.3 Å². The van der Waals surface area contributed by atoms with Gasteiger partial charge in [-0.3, -0.25) is 14.4 Å². The van der Waals surface area contributed by atoms with Gasteiger partial charge in [-0.1, -0.05) is 0 Å². The first kappa shape index (κ1) is 22.9. The van der Waals surface area contributed by atoms with Gasteiger partial charge in [0.05, 0.1) is 23.7 Å². The molecule has 1 aromatic rings. The topological polar surface area (TPSA) is 108 Å². The highest BCUT2D eigenvalue weighted by molar-refractivity contribution is 8.02. The summed E-state index contributed by atoms with van der Waals surface area (Å²) in [6.45, 7) is 0.557. The van der Waals surface area contributed by atoms with Crippen LogP contribution >= 0.6 is 11.8 Å². The molecule has 3 aliphatic heterocycles. The monoisotopic (exact) mass is 461 g/mol. The third-order valence-corrected chi connectivity index (χ3v) is 8.96. The number of thioether (sulfide) groups is 1. The van der Waals surface area contributed by atoms with E-state index in [9.17, 15) is 14.4 Å². The number of hydrogen-bond acceptors (Lipinski definition) is 6. The molecule has 1 spiro atoms. The number of rotatable bonds is 9. The number of benzene rings is 1.